The van der Waals surface area contributed by atoms with E-state index < -0.39 is 66.8 Å². The molecule has 0 bridgehead atoms. The van der Waals surface area contributed by atoms with E-state index >= 15 is 0 Å². The number of amides is 3. The minimum atomic E-state index is -1.71. The predicted molar refractivity (Wildman–Crippen MR) is 171 cm³/mol. The number of benzene rings is 2. The second-order valence-electron chi connectivity index (χ2n) is 10.5. The third kappa shape index (κ3) is 12.9. The summed E-state index contributed by atoms with van der Waals surface area (Å²) in [4.78, 5) is 67.6. The summed E-state index contributed by atoms with van der Waals surface area (Å²) < 4.78 is 11.6. The first-order chi connectivity index (χ1) is 23.8. The fourth-order valence-electron chi connectivity index (χ4n) is 4.20. The van der Waals surface area contributed by atoms with Gasteiger partial charge in [0.2, 0.25) is 28.7 Å². The maximum absolute atomic E-state index is 13.0. The number of nitrogens with two attached hydrogens (primary N) is 3. The number of carboxylic acids is 2. The van der Waals surface area contributed by atoms with Gasteiger partial charge in [-0.3, -0.25) is 28.7 Å². The summed E-state index contributed by atoms with van der Waals surface area (Å²) in [6.07, 6.45) is -0.138. The van der Waals surface area contributed by atoms with Crippen molar-refractivity contribution < 1.29 is 53.2 Å². The highest BCUT2D eigenvalue weighted by atomic mass is 16.6. The van der Waals surface area contributed by atoms with E-state index in [2.05, 4.69) is 25.9 Å². The zero-order chi connectivity index (χ0) is 36.6. The summed E-state index contributed by atoms with van der Waals surface area (Å²) in [5, 5.41) is 40.8. The van der Waals surface area contributed by atoms with E-state index in [0.717, 1.165) is 0 Å². The van der Waals surface area contributed by atoms with Gasteiger partial charge in [0.25, 0.3) is 6.20 Å². The molecule has 3 rings (SSSR count). The molecule has 1 heterocycles. The zero-order valence-corrected chi connectivity index (χ0v) is 26.4. The second kappa shape index (κ2) is 18.7. The normalized spacial score (nSPS) is 12.9. The van der Waals surface area contributed by atoms with E-state index in [1.54, 1.807) is 24.3 Å². The standard InChI is InChI=1S/C30H36N10O10/c31-20(13-17-8-10-19(11-9-17)49-30(48)38-24-16-40(39-50-24)18-5-2-1-3-6-18)26(44)37-21(7-4-12-34-29(32)33)27(45)35-15-23(41)36-22(28(46)47)14-25(42)43/h1-3,5-6,8-11,16,20-22H,4,7,12-15,31H2,(H9-,32,33,34,35,36,37,38,39,41,42,43,44,45,46,47,48)/t20-,21-,22-/m0/s1. The van der Waals surface area contributed by atoms with Crippen LogP contribution in [0, 0.1) is 0 Å². The Morgan fingerprint density at radius 2 is 1.68 bits per heavy atom. The van der Waals surface area contributed by atoms with Crippen LogP contribution in [0.5, 0.6) is 5.75 Å². The second-order valence-corrected chi connectivity index (χ2v) is 10.5. The van der Waals surface area contributed by atoms with Gasteiger partial charge in [0.05, 0.1) is 19.0 Å². The monoisotopic (exact) mass is 696 g/mol. The van der Waals surface area contributed by atoms with Gasteiger partial charge in [0, 0.05) is 24.4 Å². The van der Waals surface area contributed by atoms with Crippen LogP contribution in [0.4, 0.5) is 5.88 Å². The topological polar surface area (TPSA) is 327 Å². The van der Waals surface area contributed by atoms with Gasteiger partial charge in [-0.25, -0.2) is 4.79 Å². The third-order valence-corrected chi connectivity index (χ3v) is 6.61. The summed E-state index contributed by atoms with van der Waals surface area (Å²) in [6.45, 7) is -0.578. The van der Waals surface area contributed by atoms with Crippen molar-refractivity contribution in [3.8, 4) is 11.4 Å². The first-order valence-electron chi connectivity index (χ1n) is 14.9. The number of nitrogens with one attached hydrogen (secondary N) is 3. The largest absolute Gasteiger partial charge is 0.566 e. The molecule has 3 amide bonds. The van der Waals surface area contributed by atoms with Crippen LogP contribution in [0.15, 0.2) is 75.3 Å². The maximum Gasteiger partial charge on any atom is 0.326 e. The molecular weight excluding hydrogens is 660 g/mol. The molecule has 1 aromatic heterocycles. The van der Waals surface area contributed by atoms with Crippen molar-refractivity contribution in [3.05, 3.63) is 66.4 Å². The quantitative estimate of drug-likeness (QED) is 0.0284. The highest BCUT2D eigenvalue weighted by Gasteiger charge is 2.26. The van der Waals surface area contributed by atoms with E-state index in [1.807, 2.05) is 23.5 Å². The van der Waals surface area contributed by atoms with Crippen molar-refractivity contribution in [1.29, 1.82) is 0 Å². The summed E-state index contributed by atoms with van der Waals surface area (Å²) in [5.41, 5.74) is 18.0. The lowest BCUT2D eigenvalue weighted by atomic mass is 10.0. The summed E-state index contributed by atoms with van der Waals surface area (Å²) in [5.74, 6) is -5.61. The van der Waals surface area contributed by atoms with E-state index in [9.17, 15) is 29.1 Å². The lowest BCUT2D eigenvalue weighted by Crippen LogP contribution is -2.54. The van der Waals surface area contributed by atoms with Crippen LogP contribution in [-0.2, 0) is 30.4 Å². The van der Waals surface area contributed by atoms with Gasteiger partial charge in [-0.2, -0.15) is 4.99 Å². The van der Waals surface area contributed by atoms with Gasteiger partial charge in [-0.1, -0.05) is 30.3 Å². The summed E-state index contributed by atoms with van der Waals surface area (Å²) in [7, 11) is 0. The molecule has 0 saturated carbocycles. The number of nitrogens with zero attached hydrogens (tertiary/aromatic N) is 4. The Bertz CT molecular complexity index is 1690. The molecule has 50 heavy (non-hydrogen) atoms. The number of rotatable bonds is 18. The van der Waals surface area contributed by atoms with Gasteiger partial charge < -0.3 is 53.2 Å². The molecule has 0 saturated heterocycles. The molecule has 0 radical (unpaired) electrons. The Labute approximate surface area is 284 Å². The molecule has 20 heteroatoms. The number of aromatic nitrogens is 2. The molecule has 0 spiro atoms. The van der Waals surface area contributed by atoms with Crippen LogP contribution in [0.1, 0.15) is 24.8 Å². The van der Waals surface area contributed by atoms with Crippen molar-refractivity contribution in [1.82, 2.24) is 21.2 Å². The smallest absolute Gasteiger partial charge is 0.326 e. The first kappa shape index (κ1) is 37.9. The van der Waals surface area contributed by atoms with Gasteiger partial charge in [0.15, 0.2) is 12.0 Å². The van der Waals surface area contributed by atoms with Gasteiger partial charge in [-0.05, 0) is 41.6 Å². The average molecular weight is 697 g/mol. The highest BCUT2D eigenvalue weighted by Crippen LogP contribution is 2.15. The lowest BCUT2D eigenvalue weighted by Gasteiger charge is -2.21. The number of carboxylic acid groups (broad SMARTS) is 2. The average Bonchev–Trinajstić information content (AvgIpc) is 3.53. The lowest BCUT2D eigenvalue weighted by molar-refractivity contribution is -0.670. The molecule has 0 fully saturated rings. The number of carbonyl (C=O) groups is 5. The van der Waals surface area contributed by atoms with Gasteiger partial charge >= 0.3 is 17.8 Å². The molecule has 0 aliphatic carbocycles. The van der Waals surface area contributed by atoms with E-state index in [0.29, 0.717) is 11.3 Å². The maximum atomic E-state index is 13.0. The minimum Gasteiger partial charge on any atom is -0.566 e. The van der Waals surface area contributed by atoms with Crippen LogP contribution in [0.2, 0.25) is 0 Å². The van der Waals surface area contributed by atoms with E-state index in [4.69, 9.17) is 36.7 Å². The molecule has 3 aromatic rings. The number of carbonyl (C=O) groups excluding carboxylic acids is 3. The molecule has 0 aliphatic rings. The van der Waals surface area contributed by atoms with Gasteiger partial charge in [0.1, 0.15) is 12.1 Å². The van der Waals surface area contributed by atoms with Gasteiger partial charge in [-0.15, -0.1) is 0 Å². The highest BCUT2D eigenvalue weighted by molar-refractivity contribution is 5.93. The zero-order valence-electron chi connectivity index (χ0n) is 26.4. The summed E-state index contributed by atoms with van der Waals surface area (Å²) in [6, 6.07) is 11.1. The number of ether oxygens (including phenoxy) is 1. The molecular formula is C30H36N10O10. The number of guanidine groups is 1. The molecule has 20 nitrogen and oxygen atoms in total. The Kier molecular flexibility index (Phi) is 14.2. The third-order valence-electron chi connectivity index (χ3n) is 6.61. The minimum absolute atomic E-state index is 0.0207. The molecule has 0 unspecified atom stereocenters. The predicted octanol–water partition coefficient (Wildman–Crippen LogP) is -3.05. The molecule has 266 valence electrons. The van der Waals surface area contributed by atoms with Crippen LogP contribution >= 0.6 is 0 Å². The number of aliphatic carboxylic acids is 2. The number of hydrogen-bond donors (Lipinski definition) is 8. The van der Waals surface area contributed by atoms with Crippen LogP contribution < -0.4 is 47.7 Å². The van der Waals surface area contributed by atoms with Crippen LogP contribution in [-0.4, -0.2) is 88.4 Å². The number of hydrogen-bond acceptors (Lipinski definition) is 12. The van der Waals surface area contributed by atoms with Crippen molar-refractivity contribution in [2.75, 3.05) is 13.1 Å². The van der Waals surface area contributed by atoms with E-state index in [1.165, 1.54) is 23.0 Å². The van der Waals surface area contributed by atoms with Crippen molar-refractivity contribution in [3.63, 3.8) is 0 Å². The Morgan fingerprint density at radius 3 is 2.32 bits per heavy atom. The Balaban J connectivity index is 1.56. The van der Waals surface area contributed by atoms with Crippen LogP contribution in [0.3, 0.4) is 0 Å². The Morgan fingerprint density at radius 1 is 0.980 bits per heavy atom. The SMILES string of the molecule is NC(N)=NCCC[C@H](NC(=O)[C@@H](N)Cc1ccc(O/C([O-])=N/c2c[n+](-c3ccccc3)no2)cc1)C(=O)NCC(=O)N[C@@H](CC(=O)O)C(=O)O. The van der Waals surface area contributed by atoms with Crippen molar-refractivity contribution in [2.24, 2.45) is 27.2 Å². The number of aliphatic imine (C=N–C) groups is 2. The molecule has 2 aromatic carbocycles. The molecule has 0 aliphatic heterocycles. The number of para-hydroxylation sites is 1. The first-order valence-corrected chi connectivity index (χ1v) is 14.9. The fourth-order valence-corrected chi connectivity index (χ4v) is 4.20. The van der Waals surface area contributed by atoms with E-state index in [-0.39, 0.29) is 43.4 Å². The Hall–Kier alpha value is -6.57. The van der Waals surface area contributed by atoms with Crippen molar-refractivity contribution in [2.45, 2.75) is 43.8 Å². The molecule has 11 N–H and O–H groups in total. The van der Waals surface area contributed by atoms with Crippen molar-refractivity contribution >= 4 is 47.6 Å². The fraction of sp³-hybridized carbons (Fsp3) is 0.300. The summed E-state index contributed by atoms with van der Waals surface area (Å²) >= 11 is 0. The molecule has 3 atom stereocenters. The van der Waals surface area contributed by atoms with Crippen LogP contribution in [0.25, 0.3) is 5.69 Å².